The molecule has 0 aromatic heterocycles. The van der Waals surface area contributed by atoms with Crippen molar-refractivity contribution < 1.29 is 19.1 Å². The van der Waals surface area contributed by atoms with Crippen molar-refractivity contribution in [2.75, 3.05) is 13.1 Å². The molecule has 0 heterocycles. The smallest absolute Gasteiger partial charge is 0.408 e. The largest absolute Gasteiger partial charge is 0.444 e. The zero-order valence-corrected chi connectivity index (χ0v) is 18.3. The number of amides is 3. The first-order chi connectivity index (χ1) is 14.0. The van der Waals surface area contributed by atoms with Crippen molar-refractivity contribution in [1.29, 1.82) is 0 Å². The molecule has 0 aliphatic heterocycles. The number of hydrogen-bond donors (Lipinski definition) is 2. The Hall–Kier alpha value is -3.27. The first-order valence-electron chi connectivity index (χ1n) is 9.73. The van der Waals surface area contributed by atoms with Crippen LogP contribution in [0.3, 0.4) is 0 Å². The molecule has 1 rings (SSSR count). The molecule has 0 saturated heterocycles. The van der Waals surface area contributed by atoms with E-state index in [9.17, 15) is 14.4 Å². The number of carbonyl (C=O) groups is 3. The third kappa shape index (κ3) is 7.63. The topological polar surface area (TPSA) is 87.7 Å². The number of benzene rings is 1. The third-order valence-corrected chi connectivity index (χ3v) is 3.83. The summed E-state index contributed by atoms with van der Waals surface area (Å²) in [5, 5.41) is 5.27. The number of hydrogen-bond acceptors (Lipinski definition) is 4. The molecule has 1 unspecified atom stereocenters. The second-order valence-electron chi connectivity index (χ2n) is 7.99. The summed E-state index contributed by atoms with van der Waals surface area (Å²) >= 11 is 0. The van der Waals surface area contributed by atoms with Crippen molar-refractivity contribution in [3.05, 3.63) is 48.0 Å². The number of nitrogens with one attached hydrogen (secondary N) is 2. The predicted octanol–water partition coefficient (Wildman–Crippen LogP) is 2.77. The van der Waals surface area contributed by atoms with E-state index >= 15 is 0 Å². The molecule has 0 fully saturated rings. The molecule has 30 heavy (non-hydrogen) atoms. The van der Waals surface area contributed by atoms with Gasteiger partial charge in [0.05, 0.1) is 0 Å². The van der Waals surface area contributed by atoms with E-state index in [1.54, 1.807) is 45.0 Å². The molecule has 0 spiro atoms. The molecule has 0 aliphatic rings. The van der Waals surface area contributed by atoms with Crippen LogP contribution < -0.4 is 10.6 Å². The minimum absolute atomic E-state index is 0.0872. The van der Waals surface area contributed by atoms with Crippen molar-refractivity contribution in [3.63, 3.8) is 0 Å². The van der Waals surface area contributed by atoms with E-state index in [0.29, 0.717) is 11.1 Å². The minimum atomic E-state index is -0.981. The normalized spacial score (nSPS) is 11.8. The summed E-state index contributed by atoms with van der Waals surface area (Å²) in [4.78, 5) is 39.3. The van der Waals surface area contributed by atoms with Crippen LogP contribution in [0.1, 0.15) is 51.8 Å². The van der Waals surface area contributed by atoms with Crippen molar-refractivity contribution >= 4 is 17.9 Å². The highest BCUT2D eigenvalue weighted by Crippen LogP contribution is 2.25. The second kappa shape index (κ2) is 11.1. The van der Waals surface area contributed by atoms with Crippen LogP contribution in [-0.4, -0.2) is 47.5 Å². The van der Waals surface area contributed by atoms with Gasteiger partial charge in [-0.25, -0.2) is 4.79 Å². The van der Waals surface area contributed by atoms with E-state index in [1.165, 1.54) is 11.0 Å². The minimum Gasteiger partial charge on any atom is -0.444 e. The molecule has 3 amide bonds. The van der Waals surface area contributed by atoms with Crippen LogP contribution in [0.15, 0.2) is 36.9 Å². The first-order valence-corrected chi connectivity index (χ1v) is 9.73. The average molecular weight is 414 g/mol. The number of rotatable bonds is 8. The molecular weight excluding hydrogens is 382 g/mol. The zero-order chi connectivity index (χ0) is 22.9. The Bertz CT molecular complexity index is 818. The standard InChI is InChI=1S/C23H31N3O4/c1-8-14-26(19(27)15-24-22(29)30-23(5,6)7)20(21(28)25-16(3)4)18-13-11-10-12-17(18)9-2/h2,8,10-13,16,20H,1,14-15H2,3-7H3,(H,24,29)(H,25,28). The van der Waals surface area contributed by atoms with Gasteiger partial charge < -0.3 is 20.3 Å². The molecule has 7 heteroatoms. The lowest BCUT2D eigenvalue weighted by Gasteiger charge is -2.32. The summed E-state index contributed by atoms with van der Waals surface area (Å²) in [5.74, 6) is 1.71. The van der Waals surface area contributed by atoms with Gasteiger partial charge >= 0.3 is 6.09 Å². The Morgan fingerprint density at radius 1 is 1.27 bits per heavy atom. The maximum atomic E-state index is 13.0. The zero-order valence-electron chi connectivity index (χ0n) is 18.3. The Kier molecular flexibility index (Phi) is 9.13. The quantitative estimate of drug-likeness (QED) is 0.507. The van der Waals surface area contributed by atoms with Crippen LogP contribution in [0.2, 0.25) is 0 Å². The van der Waals surface area contributed by atoms with Crippen LogP contribution in [0.4, 0.5) is 4.79 Å². The number of alkyl carbamates (subject to hydrolysis) is 1. The van der Waals surface area contributed by atoms with Gasteiger partial charge in [-0.15, -0.1) is 13.0 Å². The molecule has 0 aliphatic carbocycles. The van der Waals surface area contributed by atoms with Crippen molar-refractivity contribution in [3.8, 4) is 12.3 Å². The van der Waals surface area contributed by atoms with E-state index in [2.05, 4.69) is 23.1 Å². The van der Waals surface area contributed by atoms with Crippen LogP contribution in [0.5, 0.6) is 0 Å². The van der Waals surface area contributed by atoms with Crippen LogP contribution in [0, 0.1) is 12.3 Å². The molecule has 162 valence electrons. The Morgan fingerprint density at radius 2 is 1.90 bits per heavy atom. The molecule has 0 saturated carbocycles. The monoisotopic (exact) mass is 413 g/mol. The Labute approximate surface area is 178 Å². The highest BCUT2D eigenvalue weighted by molar-refractivity contribution is 5.91. The van der Waals surface area contributed by atoms with Crippen LogP contribution in [0.25, 0.3) is 0 Å². The van der Waals surface area contributed by atoms with Gasteiger partial charge in [-0.3, -0.25) is 9.59 Å². The van der Waals surface area contributed by atoms with Crippen molar-refractivity contribution in [2.24, 2.45) is 0 Å². The lowest BCUT2D eigenvalue weighted by molar-refractivity contribution is -0.139. The van der Waals surface area contributed by atoms with Crippen LogP contribution in [-0.2, 0) is 14.3 Å². The van der Waals surface area contributed by atoms with Gasteiger partial charge in [0, 0.05) is 18.2 Å². The average Bonchev–Trinajstić information content (AvgIpc) is 2.64. The van der Waals surface area contributed by atoms with E-state index in [0.717, 1.165) is 0 Å². The maximum absolute atomic E-state index is 13.0. The summed E-state index contributed by atoms with van der Waals surface area (Å²) in [6.45, 7) is 12.3. The number of ether oxygens (including phenoxy) is 1. The maximum Gasteiger partial charge on any atom is 0.408 e. The van der Waals surface area contributed by atoms with Gasteiger partial charge in [-0.2, -0.15) is 0 Å². The Balaban J connectivity index is 3.22. The number of carbonyl (C=O) groups excluding carboxylic acids is 3. The van der Waals surface area contributed by atoms with Gasteiger partial charge in [0.25, 0.3) is 0 Å². The summed E-state index contributed by atoms with van der Waals surface area (Å²) in [6, 6.07) is 5.82. The van der Waals surface area contributed by atoms with E-state index in [4.69, 9.17) is 11.2 Å². The molecule has 1 atom stereocenters. The fraction of sp³-hybridized carbons (Fsp3) is 0.435. The molecule has 0 radical (unpaired) electrons. The highest BCUT2D eigenvalue weighted by Gasteiger charge is 2.32. The molecule has 2 N–H and O–H groups in total. The lowest BCUT2D eigenvalue weighted by Crippen LogP contribution is -2.49. The Morgan fingerprint density at radius 3 is 2.43 bits per heavy atom. The van der Waals surface area contributed by atoms with Gasteiger partial charge in [0.15, 0.2) is 0 Å². The predicted molar refractivity (Wildman–Crippen MR) is 117 cm³/mol. The van der Waals surface area contributed by atoms with Crippen LogP contribution >= 0.6 is 0 Å². The molecule has 7 nitrogen and oxygen atoms in total. The molecule has 1 aromatic rings. The van der Waals surface area contributed by atoms with Gasteiger partial charge in [-0.05, 0) is 46.2 Å². The lowest BCUT2D eigenvalue weighted by atomic mass is 9.98. The van der Waals surface area contributed by atoms with Gasteiger partial charge in [0.2, 0.25) is 11.8 Å². The summed E-state index contributed by atoms with van der Waals surface area (Å²) in [6.07, 6.45) is 6.41. The highest BCUT2D eigenvalue weighted by atomic mass is 16.6. The van der Waals surface area contributed by atoms with Crippen molar-refractivity contribution in [2.45, 2.75) is 52.3 Å². The summed E-state index contributed by atoms with van der Waals surface area (Å²) < 4.78 is 5.16. The molecule has 1 aromatic carbocycles. The van der Waals surface area contributed by atoms with E-state index in [1.807, 2.05) is 13.8 Å². The summed E-state index contributed by atoms with van der Waals surface area (Å²) in [7, 11) is 0. The first kappa shape index (κ1) is 24.8. The number of terminal acetylenes is 1. The number of nitrogens with zero attached hydrogens (tertiary/aromatic N) is 1. The van der Waals surface area contributed by atoms with E-state index < -0.39 is 23.6 Å². The fourth-order valence-electron chi connectivity index (χ4n) is 2.73. The van der Waals surface area contributed by atoms with Gasteiger partial charge in [0.1, 0.15) is 18.2 Å². The second-order valence-corrected chi connectivity index (χ2v) is 7.99. The SMILES string of the molecule is C#Cc1ccccc1C(C(=O)NC(C)C)N(CC=C)C(=O)CNC(=O)OC(C)(C)C. The third-order valence-electron chi connectivity index (χ3n) is 3.83. The fourth-order valence-corrected chi connectivity index (χ4v) is 2.73. The van der Waals surface area contributed by atoms with Gasteiger partial charge in [-0.1, -0.05) is 30.2 Å². The molecule has 0 bridgehead atoms. The van der Waals surface area contributed by atoms with E-state index in [-0.39, 0.29) is 25.0 Å². The molecular formula is C23H31N3O4. The van der Waals surface area contributed by atoms with Crippen molar-refractivity contribution in [1.82, 2.24) is 15.5 Å². The summed E-state index contributed by atoms with van der Waals surface area (Å²) in [5.41, 5.74) is 0.327.